The minimum atomic E-state index is 0.536. The monoisotopic (exact) mass is 277 g/mol. The summed E-state index contributed by atoms with van der Waals surface area (Å²) in [5.41, 5.74) is 8.28. The first-order valence-electron chi connectivity index (χ1n) is 8.23. The molecule has 0 bridgehead atoms. The van der Waals surface area contributed by atoms with Crippen LogP contribution >= 0.6 is 0 Å². The molecule has 2 N–H and O–H groups in total. The van der Waals surface area contributed by atoms with Gasteiger partial charge in [0.15, 0.2) is 0 Å². The van der Waals surface area contributed by atoms with E-state index in [9.17, 15) is 0 Å². The Labute approximate surface area is 124 Å². The van der Waals surface area contributed by atoms with Gasteiger partial charge >= 0.3 is 0 Å². The van der Waals surface area contributed by atoms with Crippen molar-refractivity contribution in [3.05, 3.63) is 29.3 Å². The molecule has 0 saturated heterocycles. The number of aryl methyl sites for hydroxylation is 2. The largest absolute Gasteiger partial charge is 0.493 e. The highest BCUT2D eigenvalue weighted by Crippen LogP contribution is 2.25. The Kier molecular flexibility index (Phi) is 8.36. The van der Waals surface area contributed by atoms with Gasteiger partial charge in [0.25, 0.3) is 0 Å². The van der Waals surface area contributed by atoms with Crippen molar-refractivity contribution in [1.29, 1.82) is 0 Å². The van der Waals surface area contributed by atoms with Crippen LogP contribution in [0.25, 0.3) is 0 Å². The van der Waals surface area contributed by atoms with E-state index in [1.165, 1.54) is 49.7 Å². The Hall–Kier alpha value is -1.02. The predicted molar refractivity (Wildman–Crippen MR) is 87.4 cm³/mol. The first-order chi connectivity index (χ1) is 9.75. The van der Waals surface area contributed by atoms with Gasteiger partial charge in [0, 0.05) is 6.04 Å². The van der Waals surface area contributed by atoms with E-state index in [0.717, 1.165) is 18.8 Å². The Morgan fingerprint density at radius 2 is 1.75 bits per heavy atom. The second-order valence-corrected chi connectivity index (χ2v) is 5.46. The predicted octanol–water partition coefficient (Wildman–Crippen LogP) is 4.62. The SMILES string of the molecule is CC.Cc1ccc2c(c1)OCCC2.NC1CCCCC1. The zero-order chi connectivity index (χ0) is 14.8. The molecule has 0 amide bonds. The molecule has 20 heavy (non-hydrogen) atoms. The van der Waals surface area contributed by atoms with Crippen molar-refractivity contribution in [2.24, 2.45) is 5.73 Å². The van der Waals surface area contributed by atoms with Crippen molar-refractivity contribution in [2.75, 3.05) is 6.61 Å². The van der Waals surface area contributed by atoms with E-state index in [1.54, 1.807) is 0 Å². The summed E-state index contributed by atoms with van der Waals surface area (Å²) in [6.45, 7) is 6.98. The van der Waals surface area contributed by atoms with E-state index >= 15 is 0 Å². The third-order valence-corrected chi connectivity index (χ3v) is 3.72. The van der Waals surface area contributed by atoms with Gasteiger partial charge in [-0.3, -0.25) is 0 Å². The van der Waals surface area contributed by atoms with Gasteiger partial charge in [0.05, 0.1) is 6.61 Å². The molecule has 0 aromatic heterocycles. The molecule has 1 saturated carbocycles. The van der Waals surface area contributed by atoms with Crippen molar-refractivity contribution in [2.45, 2.75) is 71.8 Å². The van der Waals surface area contributed by atoms with Crippen LogP contribution in [0.15, 0.2) is 18.2 Å². The molecule has 0 unspecified atom stereocenters. The van der Waals surface area contributed by atoms with E-state index in [0.29, 0.717) is 6.04 Å². The minimum Gasteiger partial charge on any atom is -0.493 e. The van der Waals surface area contributed by atoms with Crippen LogP contribution in [0.4, 0.5) is 0 Å². The van der Waals surface area contributed by atoms with Crippen LogP contribution in [0, 0.1) is 6.92 Å². The first-order valence-corrected chi connectivity index (χ1v) is 8.23. The van der Waals surface area contributed by atoms with E-state index in [2.05, 4.69) is 25.1 Å². The standard InChI is InChI=1S/C10H12O.C6H13N.C2H6/c1-8-4-5-9-3-2-6-11-10(9)7-8;7-6-4-2-1-3-5-6;1-2/h4-5,7H,2-3,6H2,1H3;6H,1-5,7H2;1-2H3. The van der Waals surface area contributed by atoms with Gasteiger partial charge in [-0.15, -0.1) is 0 Å². The maximum atomic E-state index is 5.63. The van der Waals surface area contributed by atoms with Crippen molar-refractivity contribution < 1.29 is 4.74 Å². The number of rotatable bonds is 0. The molecule has 1 fully saturated rings. The van der Waals surface area contributed by atoms with Crippen molar-refractivity contribution >= 4 is 0 Å². The van der Waals surface area contributed by atoms with Crippen molar-refractivity contribution in [3.63, 3.8) is 0 Å². The lowest BCUT2D eigenvalue weighted by atomic mass is 9.97. The van der Waals surface area contributed by atoms with Gasteiger partial charge in [-0.1, -0.05) is 45.2 Å². The molecule has 2 heteroatoms. The maximum absolute atomic E-state index is 5.63. The van der Waals surface area contributed by atoms with Crippen LogP contribution in [-0.4, -0.2) is 12.6 Å². The molecule has 0 spiro atoms. The van der Waals surface area contributed by atoms with Crippen LogP contribution < -0.4 is 10.5 Å². The zero-order valence-corrected chi connectivity index (χ0v) is 13.5. The van der Waals surface area contributed by atoms with Crippen LogP contribution in [0.1, 0.15) is 63.5 Å². The lowest BCUT2D eigenvalue weighted by Gasteiger charge is -2.16. The molecular formula is C18H31NO. The molecule has 1 heterocycles. The summed E-state index contributed by atoms with van der Waals surface area (Å²) in [4.78, 5) is 0. The summed E-state index contributed by atoms with van der Waals surface area (Å²) in [6, 6.07) is 6.97. The van der Waals surface area contributed by atoms with E-state index in [4.69, 9.17) is 10.5 Å². The molecule has 114 valence electrons. The molecule has 2 nitrogen and oxygen atoms in total. The lowest BCUT2D eigenvalue weighted by Crippen LogP contribution is -2.22. The van der Waals surface area contributed by atoms with Gasteiger partial charge in [0.2, 0.25) is 0 Å². The fourth-order valence-corrected chi connectivity index (χ4v) is 2.58. The minimum absolute atomic E-state index is 0.536. The Bertz CT molecular complexity index is 370. The molecule has 1 aromatic carbocycles. The number of hydrogen-bond donors (Lipinski definition) is 1. The molecule has 1 aromatic rings. The molecule has 0 radical (unpaired) electrons. The van der Waals surface area contributed by atoms with E-state index < -0.39 is 0 Å². The zero-order valence-electron chi connectivity index (χ0n) is 13.5. The smallest absolute Gasteiger partial charge is 0.122 e. The Balaban J connectivity index is 0.000000193. The summed E-state index contributed by atoms with van der Waals surface area (Å²) < 4.78 is 5.50. The highest BCUT2D eigenvalue weighted by atomic mass is 16.5. The highest BCUT2D eigenvalue weighted by Gasteiger charge is 2.08. The second kappa shape index (κ2) is 9.82. The molecule has 1 aliphatic heterocycles. The Morgan fingerprint density at radius 3 is 2.35 bits per heavy atom. The van der Waals surface area contributed by atoms with Gasteiger partial charge in [0.1, 0.15) is 5.75 Å². The van der Waals surface area contributed by atoms with Crippen LogP contribution in [-0.2, 0) is 6.42 Å². The summed E-state index contributed by atoms with van der Waals surface area (Å²) >= 11 is 0. The Morgan fingerprint density at radius 1 is 1.05 bits per heavy atom. The van der Waals surface area contributed by atoms with Crippen LogP contribution in [0.3, 0.4) is 0 Å². The second-order valence-electron chi connectivity index (χ2n) is 5.46. The fraction of sp³-hybridized carbons (Fsp3) is 0.667. The fourth-order valence-electron chi connectivity index (χ4n) is 2.58. The van der Waals surface area contributed by atoms with Crippen LogP contribution in [0.2, 0.25) is 0 Å². The highest BCUT2D eigenvalue weighted by molar-refractivity contribution is 5.38. The van der Waals surface area contributed by atoms with Gasteiger partial charge in [-0.25, -0.2) is 0 Å². The van der Waals surface area contributed by atoms with Gasteiger partial charge in [-0.05, 0) is 49.8 Å². The lowest BCUT2D eigenvalue weighted by molar-refractivity contribution is 0.288. The van der Waals surface area contributed by atoms with Gasteiger partial charge in [-0.2, -0.15) is 0 Å². The molecule has 3 rings (SSSR count). The molecular weight excluding hydrogens is 246 g/mol. The number of ether oxygens (including phenoxy) is 1. The van der Waals surface area contributed by atoms with Crippen molar-refractivity contribution in [1.82, 2.24) is 0 Å². The first kappa shape index (κ1) is 17.0. The number of benzene rings is 1. The van der Waals surface area contributed by atoms with Crippen LogP contribution in [0.5, 0.6) is 5.75 Å². The average Bonchev–Trinajstić information content (AvgIpc) is 2.50. The normalized spacial score (nSPS) is 17.6. The summed E-state index contributed by atoms with van der Waals surface area (Å²) in [5.74, 6) is 1.09. The summed E-state index contributed by atoms with van der Waals surface area (Å²) in [6.07, 6.45) is 9.00. The van der Waals surface area contributed by atoms with E-state index in [-0.39, 0.29) is 0 Å². The van der Waals surface area contributed by atoms with E-state index in [1.807, 2.05) is 13.8 Å². The third-order valence-electron chi connectivity index (χ3n) is 3.72. The summed E-state index contributed by atoms with van der Waals surface area (Å²) in [7, 11) is 0. The topological polar surface area (TPSA) is 35.2 Å². The quantitative estimate of drug-likeness (QED) is 0.750. The number of nitrogens with two attached hydrogens (primary N) is 1. The third kappa shape index (κ3) is 5.96. The molecule has 2 aliphatic rings. The number of hydrogen-bond acceptors (Lipinski definition) is 2. The molecule has 0 atom stereocenters. The number of fused-ring (bicyclic) bond motifs is 1. The molecule has 1 aliphatic carbocycles. The average molecular weight is 277 g/mol. The summed E-state index contributed by atoms with van der Waals surface area (Å²) in [5, 5.41) is 0. The maximum Gasteiger partial charge on any atom is 0.122 e. The van der Waals surface area contributed by atoms with Gasteiger partial charge < -0.3 is 10.5 Å². The van der Waals surface area contributed by atoms with Crippen molar-refractivity contribution in [3.8, 4) is 5.75 Å².